The number of aromatic nitrogens is 1. The van der Waals surface area contributed by atoms with Crippen molar-refractivity contribution in [1.29, 1.82) is 0 Å². The van der Waals surface area contributed by atoms with Gasteiger partial charge in [-0.15, -0.1) is 0 Å². The molecule has 1 aliphatic heterocycles. The Bertz CT molecular complexity index is 377. The monoisotopic (exact) mass is 222 g/mol. The maximum Gasteiger partial charge on any atom is 0.168 e. The Balaban J connectivity index is 2.03. The van der Waals surface area contributed by atoms with Crippen LogP contribution in [0.25, 0.3) is 0 Å². The smallest absolute Gasteiger partial charge is 0.168 e. The third-order valence-corrected chi connectivity index (χ3v) is 2.52. The Morgan fingerprint density at radius 3 is 3.06 bits per heavy atom. The van der Waals surface area contributed by atoms with Crippen LogP contribution in [0.2, 0.25) is 0 Å². The number of rotatable bonds is 5. The van der Waals surface area contributed by atoms with Crippen LogP contribution in [0.15, 0.2) is 12.3 Å². The van der Waals surface area contributed by atoms with Crippen molar-refractivity contribution in [1.82, 2.24) is 10.3 Å². The third kappa shape index (κ3) is 2.37. The van der Waals surface area contributed by atoms with Gasteiger partial charge in [-0.25, -0.2) is 0 Å². The number of ether oxygens (including phenoxy) is 2. The summed E-state index contributed by atoms with van der Waals surface area (Å²) < 4.78 is 10.3. The first-order chi connectivity index (χ1) is 7.83. The SMILES string of the molecule is COc1cc(C=O)ncc1CNC1COC1. The fraction of sp³-hybridized carbons (Fsp3) is 0.455. The number of aldehydes is 1. The lowest BCUT2D eigenvalue weighted by atomic mass is 10.2. The van der Waals surface area contributed by atoms with E-state index < -0.39 is 0 Å². The van der Waals surface area contributed by atoms with Crippen LogP contribution in [0.3, 0.4) is 0 Å². The number of carbonyl (C=O) groups excluding carboxylic acids is 1. The van der Waals surface area contributed by atoms with Crippen molar-refractivity contribution in [3.05, 3.63) is 23.5 Å². The zero-order valence-electron chi connectivity index (χ0n) is 9.10. The largest absolute Gasteiger partial charge is 0.496 e. The van der Waals surface area contributed by atoms with Crippen molar-refractivity contribution in [2.45, 2.75) is 12.6 Å². The van der Waals surface area contributed by atoms with E-state index in [2.05, 4.69) is 10.3 Å². The number of hydrogen-bond acceptors (Lipinski definition) is 5. The summed E-state index contributed by atoms with van der Waals surface area (Å²) >= 11 is 0. The molecule has 2 heterocycles. The Morgan fingerprint density at radius 1 is 1.69 bits per heavy atom. The van der Waals surface area contributed by atoms with Crippen LogP contribution < -0.4 is 10.1 Å². The number of hydrogen-bond donors (Lipinski definition) is 1. The summed E-state index contributed by atoms with van der Waals surface area (Å²) in [4.78, 5) is 14.6. The summed E-state index contributed by atoms with van der Waals surface area (Å²) in [7, 11) is 1.58. The van der Waals surface area contributed by atoms with E-state index in [0.717, 1.165) is 18.8 Å². The van der Waals surface area contributed by atoms with Gasteiger partial charge in [-0.05, 0) is 0 Å². The average Bonchev–Trinajstić information content (AvgIpc) is 2.27. The molecule has 0 aliphatic carbocycles. The minimum absolute atomic E-state index is 0.382. The van der Waals surface area contributed by atoms with Gasteiger partial charge in [0.15, 0.2) is 6.29 Å². The molecule has 0 spiro atoms. The highest BCUT2D eigenvalue weighted by atomic mass is 16.5. The maximum atomic E-state index is 10.6. The van der Waals surface area contributed by atoms with Gasteiger partial charge in [-0.2, -0.15) is 0 Å². The number of carbonyl (C=O) groups is 1. The molecule has 86 valence electrons. The van der Waals surface area contributed by atoms with Crippen molar-refractivity contribution in [2.75, 3.05) is 20.3 Å². The molecule has 1 saturated heterocycles. The first-order valence-electron chi connectivity index (χ1n) is 5.12. The lowest BCUT2D eigenvalue weighted by molar-refractivity contribution is -0.00585. The first kappa shape index (κ1) is 11.0. The van der Waals surface area contributed by atoms with E-state index in [1.54, 1.807) is 19.4 Å². The highest BCUT2D eigenvalue weighted by Gasteiger charge is 2.17. The van der Waals surface area contributed by atoms with E-state index in [1.165, 1.54) is 0 Å². The summed E-state index contributed by atoms with van der Waals surface area (Å²) in [5.74, 6) is 0.685. The van der Waals surface area contributed by atoms with Gasteiger partial charge in [0.05, 0.1) is 26.4 Å². The molecule has 16 heavy (non-hydrogen) atoms. The highest BCUT2D eigenvalue weighted by molar-refractivity contribution is 5.72. The molecule has 0 radical (unpaired) electrons. The molecule has 5 nitrogen and oxygen atoms in total. The highest BCUT2D eigenvalue weighted by Crippen LogP contribution is 2.18. The fourth-order valence-electron chi connectivity index (χ4n) is 1.48. The van der Waals surface area contributed by atoms with E-state index in [0.29, 0.717) is 30.3 Å². The van der Waals surface area contributed by atoms with Crippen molar-refractivity contribution in [3.8, 4) is 5.75 Å². The van der Waals surface area contributed by atoms with Gasteiger partial charge in [0.25, 0.3) is 0 Å². The van der Waals surface area contributed by atoms with Crippen LogP contribution in [0.4, 0.5) is 0 Å². The standard InChI is InChI=1S/C11H14N2O3/c1-15-11-2-9(5-14)12-3-8(11)4-13-10-6-16-7-10/h2-3,5,10,13H,4,6-7H2,1H3. The van der Waals surface area contributed by atoms with Gasteiger partial charge >= 0.3 is 0 Å². The number of pyridine rings is 1. The lowest BCUT2D eigenvalue weighted by Gasteiger charge is -2.27. The van der Waals surface area contributed by atoms with Gasteiger partial charge in [0.1, 0.15) is 11.4 Å². The summed E-state index contributed by atoms with van der Waals surface area (Å²) in [5.41, 5.74) is 1.33. The molecule has 1 aromatic heterocycles. The van der Waals surface area contributed by atoms with Crippen LogP contribution in [0.1, 0.15) is 16.1 Å². The molecular weight excluding hydrogens is 208 g/mol. The molecular formula is C11H14N2O3. The molecule has 0 unspecified atom stereocenters. The van der Waals surface area contributed by atoms with Gasteiger partial charge in [-0.3, -0.25) is 9.78 Å². The second kappa shape index (κ2) is 5.05. The average molecular weight is 222 g/mol. The van der Waals surface area contributed by atoms with E-state index in [4.69, 9.17) is 9.47 Å². The Morgan fingerprint density at radius 2 is 2.50 bits per heavy atom. The van der Waals surface area contributed by atoms with Crippen molar-refractivity contribution < 1.29 is 14.3 Å². The van der Waals surface area contributed by atoms with E-state index in [9.17, 15) is 4.79 Å². The van der Waals surface area contributed by atoms with Crippen molar-refractivity contribution in [2.24, 2.45) is 0 Å². The molecule has 0 saturated carbocycles. The molecule has 2 rings (SSSR count). The van der Waals surface area contributed by atoms with E-state index in [1.807, 2.05) is 0 Å². The number of methoxy groups -OCH3 is 1. The van der Waals surface area contributed by atoms with Crippen LogP contribution in [0.5, 0.6) is 5.75 Å². The Kier molecular flexibility index (Phi) is 3.48. The summed E-state index contributed by atoms with van der Waals surface area (Å²) in [6.07, 6.45) is 2.37. The molecule has 1 fully saturated rings. The van der Waals surface area contributed by atoms with Gasteiger partial charge < -0.3 is 14.8 Å². The maximum absolute atomic E-state index is 10.6. The topological polar surface area (TPSA) is 60.5 Å². The predicted octanol–water partition coefficient (Wildman–Crippen LogP) is 0.391. The molecule has 1 aromatic rings. The summed E-state index contributed by atoms with van der Waals surface area (Å²) in [5, 5.41) is 3.31. The van der Waals surface area contributed by atoms with Crippen LogP contribution in [-0.2, 0) is 11.3 Å². The minimum atomic E-state index is 0.382. The molecule has 0 bridgehead atoms. The zero-order valence-corrected chi connectivity index (χ0v) is 9.10. The normalized spacial score (nSPS) is 15.6. The van der Waals surface area contributed by atoms with E-state index >= 15 is 0 Å². The van der Waals surface area contributed by atoms with Gasteiger partial charge in [0, 0.05) is 24.4 Å². The van der Waals surface area contributed by atoms with E-state index in [-0.39, 0.29) is 0 Å². The Hall–Kier alpha value is -1.46. The second-order valence-electron chi connectivity index (χ2n) is 3.65. The summed E-state index contributed by atoms with van der Waals surface area (Å²) in [6.45, 7) is 2.17. The first-order valence-corrected chi connectivity index (χ1v) is 5.12. The number of nitrogens with one attached hydrogen (secondary N) is 1. The van der Waals surface area contributed by atoms with Crippen molar-refractivity contribution >= 4 is 6.29 Å². The fourth-order valence-corrected chi connectivity index (χ4v) is 1.48. The minimum Gasteiger partial charge on any atom is -0.496 e. The third-order valence-electron chi connectivity index (χ3n) is 2.52. The molecule has 0 atom stereocenters. The van der Waals surface area contributed by atoms with Crippen LogP contribution in [-0.4, -0.2) is 37.6 Å². The molecule has 1 aliphatic rings. The number of nitrogens with zero attached hydrogens (tertiary/aromatic N) is 1. The molecule has 1 N–H and O–H groups in total. The quantitative estimate of drug-likeness (QED) is 0.730. The predicted molar refractivity (Wildman–Crippen MR) is 57.6 cm³/mol. The van der Waals surface area contributed by atoms with Crippen molar-refractivity contribution in [3.63, 3.8) is 0 Å². The molecule has 5 heteroatoms. The van der Waals surface area contributed by atoms with Gasteiger partial charge in [0.2, 0.25) is 0 Å². The summed E-state index contributed by atoms with van der Waals surface area (Å²) in [6, 6.07) is 2.05. The zero-order chi connectivity index (χ0) is 11.4. The second-order valence-corrected chi connectivity index (χ2v) is 3.65. The Labute approximate surface area is 93.8 Å². The molecule has 0 amide bonds. The molecule has 0 aromatic carbocycles. The van der Waals surface area contributed by atoms with Crippen LogP contribution >= 0.6 is 0 Å². The van der Waals surface area contributed by atoms with Crippen LogP contribution in [0, 0.1) is 0 Å². The lowest BCUT2D eigenvalue weighted by Crippen LogP contribution is -2.45. The van der Waals surface area contributed by atoms with Gasteiger partial charge in [-0.1, -0.05) is 0 Å².